The van der Waals surface area contributed by atoms with Crippen molar-refractivity contribution in [3.05, 3.63) is 70.3 Å². The Balaban J connectivity index is 1.19. The van der Waals surface area contributed by atoms with Gasteiger partial charge in [-0.05, 0) is 73.3 Å². The van der Waals surface area contributed by atoms with E-state index in [-0.39, 0.29) is 24.1 Å². The van der Waals surface area contributed by atoms with Gasteiger partial charge in [-0.2, -0.15) is 0 Å². The van der Waals surface area contributed by atoms with Gasteiger partial charge >= 0.3 is 0 Å². The van der Waals surface area contributed by atoms with E-state index in [1.807, 2.05) is 6.07 Å². The second-order valence-corrected chi connectivity index (χ2v) is 9.57. The first kappa shape index (κ1) is 22.5. The zero-order valence-electron chi connectivity index (χ0n) is 19.3. The van der Waals surface area contributed by atoms with Crippen LogP contribution in [-0.4, -0.2) is 53.4 Å². The highest BCUT2D eigenvalue weighted by atomic mass is 16.2. The minimum atomic E-state index is -0.564. The number of benzene rings is 2. The molecule has 0 aromatic heterocycles. The Bertz CT molecular complexity index is 1120. The third kappa shape index (κ3) is 4.53. The summed E-state index contributed by atoms with van der Waals surface area (Å²) in [4.78, 5) is 44.7. The molecule has 2 aromatic rings. The first-order valence-electron chi connectivity index (χ1n) is 12.0. The number of carbonyl (C=O) groups is 3. The zero-order chi connectivity index (χ0) is 23.7. The fourth-order valence-corrected chi connectivity index (χ4v) is 5.41. The highest BCUT2D eigenvalue weighted by molar-refractivity contribution is 6.05. The molecule has 176 valence electrons. The van der Waals surface area contributed by atoms with Crippen molar-refractivity contribution in [2.24, 2.45) is 4.99 Å². The van der Waals surface area contributed by atoms with Gasteiger partial charge in [-0.1, -0.05) is 36.4 Å². The summed E-state index contributed by atoms with van der Waals surface area (Å²) < 4.78 is 0. The number of aliphatic imine (C=N–C) groups is 1. The molecule has 0 bridgehead atoms. The number of hydrogen-bond donors (Lipinski definition) is 1. The van der Waals surface area contributed by atoms with Crippen LogP contribution in [0.3, 0.4) is 0 Å². The molecule has 0 spiro atoms. The van der Waals surface area contributed by atoms with Gasteiger partial charge in [0, 0.05) is 25.1 Å². The molecular formula is C27H30N4O3. The van der Waals surface area contributed by atoms with Crippen LogP contribution < -0.4 is 5.32 Å². The lowest BCUT2D eigenvalue weighted by molar-refractivity contribution is -0.136. The summed E-state index contributed by atoms with van der Waals surface area (Å²) in [6, 6.07) is 14.2. The van der Waals surface area contributed by atoms with Crippen molar-refractivity contribution in [3.8, 4) is 0 Å². The highest BCUT2D eigenvalue weighted by Crippen LogP contribution is 2.34. The van der Waals surface area contributed by atoms with Gasteiger partial charge in [-0.15, -0.1) is 0 Å². The Labute approximate surface area is 199 Å². The number of likely N-dealkylation sites (tertiary alicyclic amines) is 1. The standard InChI is InChI=1S/C27H30N4O3/c1-28-15-18-2-4-19(5-3-18)16-30-12-10-20(11-13-30)21-6-7-23-22(14-21)17-31(27(23)34)24-8-9-25(32)29-26(24)33/h2-7,14,20,24H,1,8-13,15-17H2,(H,29,32,33). The number of hydrogen-bond acceptors (Lipinski definition) is 5. The summed E-state index contributed by atoms with van der Waals surface area (Å²) in [6.07, 6.45) is 2.84. The van der Waals surface area contributed by atoms with Crippen LogP contribution in [0, 0.1) is 0 Å². The molecule has 3 heterocycles. The molecular weight excluding hydrogens is 428 g/mol. The third-order valence-electron chi connectivity index (χ3n) is 7.33. The van der Waals surface area contributed by atoms with Crippen LogP contribution in [0.1, 0.15) is 64.2 Å². The molecule has 2 fully saturated rings. The number of carbonyl (C=O) groups excluding carboxylic acids is 3. The van der Waals surface area contributed by atoms with E-state index in [1.165, 1.54) is 16.7 Å². The van der Waals surface area contributed by atoms with Crippen molar-refractivity contribution in [2.75, 3.05) is 13.1 Å². The topological polar surface area (TPSA) is 82.1 Å². The Kier molecular flexibility index (Phi) is 6.28. The van der Waals surface area contributed by atoms with Crippen molar-refractivity contribution in [2.45, 2.75) is 57.3 Å². The average molecular weight is 459 g/mol. The number of fused-ring (bicyclic) bond motifs is 1. The van der Waals surface area contributed by atoms with Gasteiger partial charge in [0.05, 0.1) is 6.54 Å². The van der Waals surface area contributed by atoms with E-state index in [0.717, 1.165) is 38.0 Å². The van der Waals surface area contributed by atoms with Crippen LogP contribution in [0.2, 0.25) is 0 Å². The lowest BCUT2D eigenvalue weighted by Gasteiger charge is -2.32. The monoisotopic (exact) mass is 458 g/mol. The van der Waals surface area contributed by atoms with Crippen molar-refractivity contribution in [1.29, 1.82) is 0 Å². The molecule has 5 rings (SSSR count). The quantitative estimate of drug-likeness (QED) is 0.533. The number of nitrogens with zero attached hydrogens (tertiary/aromatic N) is 3. The first-order valence-corrected chi connectivity index (χ1v) is 12.0. The Hall–Kier alpha value is -3.32. The van der Waals surface area contributed by atoms with Crippen LogP contribution in [0.25, 0.3) is 0 Å². The Morgan fingerprint density at radius 2 is 1.71 bits per heavy atom. The molecule has 7 nitrogen and oxygen atoms in total. The Morgan fingerprint density at radius 1 is 0.971 bits per heavy atom. The molecule has 34 heavy (non-hydrogen) atoms. The SMILES string of the molecule is C=NCc1ccc(CN2CCC(c3ccc4c(c3)CN(C3CCC(=O)NC3=O)C4=O)CC2)cc1. The maximum Gasteiger partial charge on any atom is 0.255 e. The number of amides is 3. The minimum Gasteiger partial charge on any atom is -0.322 e. The third-order valence-corrected chi connectivity index (χ3v) is 7.33. The first-order chi connectivity index (χ1) is 16.5. The van der Waals surface area contributed by atoms with Gasteiger partial charge in [0.1, 0.15) is 6.04 Å². The lowest BCUT2D eigenvalue weighted by Crippen LogP contribution is -2.52. The van der Waals surface area contributed by atoms with E-state index < -0.39 is 6.04 Å². The number of piperidine rings is 2. The second kappa shape index (κ2) is 9.50. The van der Waals surface area contributed by atoms with E-state index in [9.17, 15) is 14.4 Å². The fourth-order valence-electron chi connectivity index (χ4n) is 5.41. The molecule has 0 aliphatic carbocycles. The van der Waals surface area contributed by atoms with Gasteiger partial charge in [-0.25, -0.2) is 0 Å². The number of rotatable bonds is 6. The molecule has 2 saturated heterocycles. The fraction of sp³-hybridized carbons (Fsp3) is 0.407. The van der Waals surface area contributed by atoms with E-state index in [2.05, 4.69) is 58.3 Å². The number of imide groups is 1. The summed E-state index contributed by atoms with van der Waals surface area (Å²) in [6.45, 7) is 7.68. The second-order valence-electron chi connectivity index (χ2n) is 9.57. The molecule has 1 N–H and O–H groups in total. The van der Waals surface area contributed by atoms with E-state index in [1.54, 1.807) is 4.90 Å². The van der Waals surface area contributed by atoms with Gasteiger partial charge in [0.15, 0.2) is 0 Å². The van der Waals surface area contributed by atoms with Crippen LogP contribution in [0.4, 0.5) is 0 Å². The molecule has 1 atom stereocenters. The van der Waals surface area contributed by atoms with Crippen LogP contribution in [0.5, 0.6) is 0 Å². The summed E-state index contributed by atoms with van der Waals surface area (Å²) in [5.41, 5.74) is 5.45. The van der Waals surface area contributed by atoms with Crippen LogP contribution in [0.15, 0.2) is 47.5 Å². The molecule has 3 aliphatic heterocycles. The lowest BCUT2D eigenvalue weighted by atomic mass is 9.87. The molecule has 3 aliphatic rings. The molecule has 2 aromatic carbocycles. The zero-order valence-corrected chi connectivity index (χ0v) is 19.3. The normalized spacial score (nSPS) is 21.5. The molecule has 7 heteroatoms. The minimum absolute atomic E-state index is 0.110. The predicted octanol–water partition coefficient (Wildman–Crippen LogP) is 3.03. The van der Waals surface area contributed by atoms with Gasteiger partial charge in [0.2, 0.25) is 11.8 Å². The van der Waals surface area contributed by atoms with E-state index >= 15 is 0 Å². The summed E-state index contributed by atoms with van der Waals surface area (Å²) >= 11 is 0. The van der Waals surface area contributed by atoms with Crippen molar-refractivity contribution in [1.82, 2.24) is 15.1 Å². The van der Waals surface area contributed by atoms with Gasteiger partial charge in [-0.3, -0.25) is 29.6 Å². The largest absolute Gasteiger partial charge is 0.322 e. The smallest absolute Gasteiger partial charge is 0.255 e. The molecule has 0 saturated carbocycles. The maximum atomic E-state index is 12.9. The van der Waals surface area contributed by atoms with Crippen LogP contribution >= 0.6 is 0 Å². The van der Waals surface area contributed by atoms with Crippen molar-refractivity contribution < 1.29 is 14.4 Å². The van der Waals surface area contributed by atoms with Crippen molar-refractivity contribution >= 4 is 24.4 Å². The summed E-state index contributed by atoms with van der Waals surface area (Å²) in [7, 11) is 0. The molecule has 3 amide bonds. The van der Waals surface area contributed by atoms with E-state index in [4.69, 9.17) is 0 Å². The maximum absolute atomic E-state index is 12.9. The molecule has 1 unspecified atom stereocenters. The predicted molar refractivity (Wildman–Crippen MR) is 129 cm³/mol. The van der Waals surface area contributed by atoms with E-state index in [0.29, 0.717) is 31.0 Å². The highest BCUT2D eigenvalue weighted by Gasteiger charge is 2.39. The van der Waals surface area contributed by atoms with Crippen LogP contribution in [-0.2, 0) is 29.2 Å². The summed E-state index contributed by atoms with van der Waals surface area (Å²) in [5, 5.41) is 2.36. The molecule has 0 radical (unpaired) electrons. The summed E-state index contributed by atoms with van der Waals surface area (Å²) in [5.74, 6) is -0.263. The van der Waals surface area contributed by atoms with Crippen molar-refractivity contribution in [3.63, 3.8) is 0 Å². The van der Waals surface area contributed by atoms with Gasteiger partial charge < -0.3 is 4.90 Å². The number of nitrogens with one attached hydrogen (secondary N) is 1. The van der Waals surface area contributed by atoms with Gasteiger partial charge in [0.25, 0.3) is 5.91 Å². The Morgan fingerprint density at radius 3 is 2.41 bits per heavy atom. The average Bonchev–Trinajstić information content (AvgIpc) is 3.16.